The lowest BCUT2D eigenvalue weighted by Crippen LogP contribution is -2.23. The molecule has 0 bridgehead atoms. The molecule has 1 aliphatic heterocycles. The Morgan fingerprint density at radius 3 is 2.44 bits per heavy atom. The third kappa shape index (κ3) is 2.17. The van der Waals surface area contributed by atoms with Gasteiger partial charge in [-0.25, -0.2) is 9.97 Å². The number of aromatic nitrogens is 3. The van der Waals surface area contributed by atoms with Crippen molar-refractivity contribution in [3.63, 3.8) is 0 Å². The number of nitrogens with zero attached hydrogens (tertiary/aromatic N) is 4. The van der Waals surface area contributed by atoms with Gasteiger partial charge in [0.1, 0.15) is 0 Å². The highest BCUT2D eigenvalue weighted by Crippen LogP contribution is 2.20. The molecule has 1 unspecified atom stereocenters. The minimum Gasteiger partial charge on any atom is -0.391 e. The molecular formula is C13H14N4O. The molecular weight excluding hydrogens is 228 g/mol. The summed E-state index contributed by atoms with van der Waals surface area (Å²) in [5.74, 6) is 0.685. The standard InChI is InChI=1S/C13H14N4O/c18-12-3-6-17(9-12)13-15-7-11(8-16-13)10-1-4-14-5-2-10/h1-2,4-5,7-8,12,18H,3,6,9H2. The van der Waals surface area contributed by atoms with Gasteiger partial charge in [0.15, 0.2) is 0 Å². The van der Waals surface area contributed by atoms with Gasteiger partial charge in [0, 0.05) is 43.4 Å². The van der Waals surface area contributed by atoms with Gasteiger partial charge in [-0.3, -0.25) is 4.98 Å². The quantitative estimate of drug-likeness (QED) is 0.854. The molecule has 3 rings (SSSR count). The lowest BCUT2D eigenvalue weighted by Gasteiger charge is -2.14. The topological polar surface area (TPSA) is 62.1 Å². The predicted molar refractivity (Wildman–Crippen MR) is 68.1 cm³/mol. The second-order valence-corrected chi connectivity index (χ2v) is 4.40. The highest BCUT2D eigenvalue weighted by molar-refractivity contribution is 5.61. The summed E-state index contributed by atoms with van der Waals surface area (Å²) < 4.78 is 0. The van der Waals surface area contributed by atoms with Gasteiger partial charge in [0.25, 0.3) is 0 Å². The summed E-state index contributed by atoms with van der Waals surface area (Å²) in [6.07, 6.45) is 7.65. The molecule has 92 valence electrons. The summed E-state index contributed by atoms with van der Waals surface area (Å²) >= 11 is 0. The van der Waals surface area contributed by atoms with Gasteiger partial charge in [-0.2, -0.15) is 0 Å². The number of rotatable bonds is 2. The van der Waals surface area contributed by atoms with Crippen LogP contribution in [0.3, 0.4) is 0 Å². The molecule has 1 fully saturated rings. The molecule has 5 heteroatoms. The van der Waals surface area contributed by atoms with Crippen LogP contribution in [0.5, 0.6) is 0 Å². The first-order valence-electron chi connectivity index (χ1n) is 5.98. The Labute approximate surface area is 105 Å². The van der Waals surface area contributed by atoms with E-state index < -0.39 is 0 Å². The average Bonchev–Trinajstić information content (AvgIpc) is 2.87. The van der Waals surface area contributed by atoms with Gasteiger partial charge in [0.05, 0.1) is 6.10 Å². The molecule has 2 aromatic rings. The zero-order chi connectivity index (χ0) is 12.4. The van der Waals surface area contributed by atoms with E-state index in [1.807, 2.05) is 29.4 Å². The molecule has 0 radical (unpaired) electrons. The van der Waals surface area contributed by atoms with Crippen LogP contribution in [0.4, 0.5) is 5.95 Å². The van der Waals surface area contributed by atoms with Gasteiger partial charge in [-0.1, -0.05) is 0 Å². The molecule has 0 aromatic carbocycles. The fourth-order valence-corrected chi connectivity index (χ4v) is 2.10. The zero-order valence-corrected chi connectivity index (χ0v) is 9.90. The van der Waals surface area contributed by atoms with Crippen LogP contribution >= 0.6 is 0 Å². The highest BCUT2D eigenvalue weighted by Gasteiger charge is 2.22. The van der Waals surface area contributed by atoms with E-state index in [9.17, 15) is 5.11 Å². The van der Waals surface area contributed by atoms with E-state index in [1.165, 1.54) is 0 Å². The Bertz CT molecular complexity index is 514. The average molecular weight is 242 g/mol. The maximum absolute atomic E-state index is 9.49. The van der Waals surface area contributed by atoms with Crippen molar-refractivity contribution >= 4 is 5.95 Å². The van der Waals surface area contributed by atoms with Gasteiger partial charge in [-0.05, 0) is 24.1 Å². The summed E-state index contributed by atoms with van der Waals surface area (Å²) in [7, 11) is 0. The normalized spacial score (nSPS) is 19.2. The van der Waals surface area contributed by atoms with Gasteiger partial charge < -0.3 is 10.0 Å². The number of β-amino-alcohol motifs (C(OH)–C–C–N with tert-alkyl or cyclic N) is 1. The number of anilines is 1. The molecule has 5 nitrogen and oxygen atoms in total. The number of aliphatic hydroxyl groups excluding tert-OH is 1. The molecule has 0 aliphatic carbocycles. The minimum atomic E-state index is -0.256. The first-order valence-corrected chi connectivity index (χ1v) is 5.98. The van der Waals surface area contributed by atoms with Gasteiger partial charge in [0.2, 0.25) is 5.95 Å². The maximum atomic E-state index is 9.49. The summed E-state index contributed by atoms with van der Waals surface area (Å²) in [5, 5.41) is 9.49. The molecule has 0 spiro atoms. The van der Waals surface area contributed by atoms with Crippen LogP contribution in [0.15, 0.2) is 36.9 Å². The first-order chi connectivity index (χ1) is 8.83. The van der Waals surface area contributed by atoms with E-state index in [0.29, 0.717) is 12.5 Å². The fourth-order valence-electron chi connectivity index (χ4n) is 2.10. The first kappa shape index (κ1) is 11.1. The van der Waals surface area contributed by atoms with Crippen molar-refractivity contribution in [1.82, 2.24) is 15.0 Å². The Morgan fingerprint density at radius 1 is 1.11 bits per heavy atom. The molecule has 2 aromatic heterocycles. The van der Waals surface area contributed by atoms with E-state index in [4.69, 9.17) is 0 Å². The highest BCUT2D eigenvalue weighted by atomic mass is 16.3. The number of hydrogen-bond donors (Lipinski definition) is 1. The third-order valence-electron chi connectivity index (χ3n) is 3.10. The van der Waals surface area contributed by atoms with Crippen LogP contribution in [-0.2, 0) is 0 Å². The van der Waals surface area contributed by atoms with E-state index >= 15 is 0 Å². The number of aliphatic hydroxyl groups is 1. The molecule has 1 atom stereocenters. The SMILES string of the molecule is OC1CCN(c2ncc(-c3ccncc3)cn2)C1. The zero-order valence-electron chi connectivity index (χ0n) is 9.90. The van der Waals surface area contributed by atoms with Crippen molar-refractivity contribution in [1.29, 1.82) is 0 Å². The van der Waals surface area contributed by atoms with Crippen LogP contribution in [0, 0.1) is 0 Å². The van der Waals surface area contributed by atoms with E-state index in [1.54, 1.807) is 12.4 Å². The van der Waals surface area contributed by atoms with Crippen molar-refractivity contribution in [2.24, 2.45) is 0 Å². The van der Waals surface area contributed by atoms with Crippen molar-refractivity contribution in [2.75, 3.05) is 18.0 Å². The van der Waals surface area contributed by atoms with E-state index in [0.717, 1.165) is 24.1 Å². The molecule has 0 amide bonds. The second kappa shape index (κ2) is 4.70. The largest absolute Gasteiger partial charge is 0.391 e. The Morgan fingerprint density at radius 2 is 1.83 bits per heavy atom. The third-order valence-corrected chi connectivity index (χ3v) is 3.10. The Kier molecular flexibility index (Phi) is 2.90. The molecule has 1 saturated heterocycles. The Balaban J connectivity index is 1.81. The predicted octanol–water partition coefficient (Wildman–Crippen LogP) is 1.11. The maximum Gasteiger partial charge on any atom is 0.225 e. The molecule has 18 heavy (non-hydrogen) atoms. The summed E-state index contributed by atoms with van der Waals surface area (Å²) in [6, 6.07) is 3.86. The van der Waals surface area contributed by atoms with E-state index in [-0.39, 0.29) is 6.10 Å². The van der Waals surface area contributed by atoms with Crippen LogP contribution in [-0.4, -0.2) is 39.3 Å². The minimum absolute atomic E-state index is 0.256. The lowest BCUT2D eigenvalue weighted by molar-refractivity contribution is 0.198. The number of pyridine rings is 1. The summed E-state index contributed by atoms with van der Waals surface area (Å²) in [6.45, 7) is 1.43. The van der Waals surface area contributed by atoms with Crippen molar-refractivity contribution < 1.29 is 5.11 Å². The smallest absolute Gasteiger partial charge is 0.225 e. The van der Waals surface area contributed by atoms with Crippen LogP contribution in [0.2, 0.25) is 0 Å². The van der Waals surface area contributed by atoms with Crippen LogP contribution in [0.1, 0.15) is 6.42 Å². The van der Waals surface area contributed by atoms with Gasteiger partial charge in [-0.15, -0.1) is 0 Å². The molecule has 1 aliphatic rings. The van der Waals surface area contributed by atoms with Crippen molar-refractivity contribution in [2.45, 2.75) is 12.5 Å². The van der Waals surface area contributed by atoms with Gasteiger partial charge >= 0.3 is 0 Å². The fraction of sp³-hybridized carbons (Fsp3) is 0.308. The summed E-state index contributed by atoms with van der Waals surface area (Å²) in [4.78, 5) is 14.7. The number of hydrogen-bond acceptors (Lipinski definition) is 5. The molecule has 3 heterocycles. The van der Waals surface area contributed by atoms with Crippen molar-refractivity contribution in [3.05, 3.63) is 36.9 Å². The Hall–Kier alpha value is -2.01. The van der Waals surface area contributed by atoms with Crippen molar-refractivity contribution in [3.8, 4) is 11.1 Å². The lowest BCUT2D eigenvalue weighted by atomic mass is 10.1. The monoisotopic (exact) mass is 242 g/mol. The molecule has 1 N–H and O–H groups in total. The van der Waals surface area contributed by atoms with Crippen LogP contribution in [0.25, 0.3) is 11.1 Å². The summed E-state index contributed by atoms with van der Waals surface area (Å²) in [5.41, 5.74) is 2.03. The van der Waals surface area contributed by atoms with E-state index in [2.05, 4.69) is 15.0 Å². The molecule has 0 saturated carbocycles. The second-order valence-electron chi connectivity index (χ2n) is 4.40. The van der Waals surface area contributed by atoms with Crippen LogP contribution < -0.4 is 4.90 Å².